The standard InChI is InChI=1S/C20H21N5O4S/c1-12-10-28-9-8-25(12)20-18-17(16(24-29-18)11-30(2,26)27)22-19(23-20)14-4-3-5-15-13(14)6-7-21-15/h3-7,12,21H,8-11H2,1-2H3/t12-/m1/s1. The van der Waals surface area contributed by atoms with Crippen LogP contribution in [0, 0.1) is 0 Å². The molecule has 0 radical (unpaired) electrons. The lowest BCUT2D eigenvalue weighted by atomic mass is 10.1. The van der Waals surface area contributed by atoms with Crippen molar-refractivity contribution >= 4 is 37.7 Å². The molecule has 1 saturated heterocycles. The highest BCUT2D eigenvalue weighted by Gasteiger charge is 2.28. The molecule has 0 bridgehead atoms. The van der Waals surface area contributed by atoms with E-state index in [9.17, 15) is 8.42 Å². The minimum Gasteiger partial charge on any atom is -0.377 e. The average Bonchev–Trinajstić information content (AvgIpc) is 3.34. The van der Waals surface area contributed by atoms with Gasteiger partial charge in [0.25, 0.3) is 0 Å². The molecule has 0 aliphatic carbocycles. The van der Waals surface area contributed by atoms with Crippen molar-refractivity contribution in [1.82, 2.24) is 20.1 Å². The maximum absolute atomic E-state index is 11.9. The number of sulfone groups is 1. The Hall–Kier alpha value is -2.98. The molecule has 156 valence electrons. The van der Waals surface area contributed by atoms with Crippen molar-refractivity contribution in [3.05, 3.63) is 36.2 Å². The van der Waals surface area contributed by atoms with Gasteiger partial charge in [-0.05, 0) is 19.1 Å². The van der Waals surface area contributed by atoms with Crippen molar-refractivity contribution in [2.45, 2.75) is 18.7 Å². The summed E-state index contributed by atoms with van der Waals surface area (Å²) in [6.45, 7) is 3.83. The molecule has 1 aromatic carbocycles. The van der Waals surface area contributed by atoms with E-state index in [4.69, 9.17) is 19.2 Å². The monoisotopic (exact) mass is 427 g/mol. The van der Waals surface area contributed by atoms with Crippen molar-refractivity contribution in [3.63, 3.8) is 0 Å². The summed E-state index contributed by atoms with van der Waals surface area (Å²) in [5.41, 5.74) is 2.93. The van der Waals surface area contributed by atoms with Crippen LogP contribution in [-0.2, 0) is 20.3 Å². The summed E-state index contributed by atoms with van der Waals surface area (Å²) >= 11 is 0. The van der Waals surface area contributed by atoms with E-state index in [2.05, 4.69) is 15.0 Å². The number of benzene rings is 1. The van der Waals surface area contributed by atoms with Gasteiger partial charge in [-0.15, -0.1) is 0 Å². The first-order chi connectivity index (χ1) is 14.4. The molecule has 1 aliphatic heterocycles. The molecule has 4 heterocycles. The van der Waals surface area contributed by atoms with Gasteiger partial charge in [0, 0.05) is 35.5 Å². The van der Waals surface area contributed by atoms with Crippen molar-refractivity contribution in [2.75, 3.05) is 30.9 Å². The van der Waals surface area contributed by atoms with E-state index in [1.807, 2.05) is 37.4 Å². The van der Waals surface area contributed by atoms with E-state index in [1.54, 1.807) is 0 Å². The molecular formula is C20H21N5O4S. The normalized spacial score (nSPS) is 17.8. The SMILES string of the molecule is C[C@@H]1COCCN1c1nc(-c2cccc3[nH]ccc23)nc2c(CS(C)(=O)=O)noc12. The van der Waals surface area contributed by atoms with Gasteiger partial charge < -0.3 is 19.1 Å². The predicted molar refractivity (Wildman–Crippen MR) is 113 cm³/mol. The molecule has 0 unspecified atom stereocenters. The molecule has 30 heavy (non-hydrogen) atoms. The molecule has 1 N–H and O–H groups in total. The summed E-state index contributed by atoms with van der Waals surface area (Å²) < 4.78 is 35.0. The topological polar surface area (TPSA) is 114 Å². The Balaban J connectivity index is 1.76. The number of nitrogens with zero attached hydrogens (tertiary/aromatic N) is 4. The number of hydrogen-bond donors (Lipinski definition) is 1. The Labute approximate surface area is 173 Å². The first kappa shape index (κ1) is 19.0. The van der Waals surface area contributed by atoms with Gasteiger partial charge >= 0.3 is 0 Å². The van der Waals surface area contributed by atoms with E-state index < -0.39 is 9.84 Å². The van der Waals surface area contributed by atoms with Crippen LogP contribution < -0.4 is 4.90 Å². The summed E-state index contributed by atoms with van der Waals surface area (Å²) in [6.07, 6.45) is 3.03. The third-order valence-corrected chi connectivity index (χ3v) is 6.04. The van der Waals surface area contributed by atoms with Crippen molar-refractivity contribution in [3.8, 4) is 11.4 Å². The fourth-order valence-corrected chi connectivity index (χ4v) is 4.53. The summed E-state index contributed by atoms with van der Waals surface area (Å²) in [7, 11) is -3.31. The second-order valence-corrected chi connectivity index (χ2v) is 9.75. The summed E-state index contributed by atoms with van der Waals surface area (Å²) in [5.74, 6) is 0.855. The van der Waals surface area contributed by atoms with Crippen LogP contribution in [0.4, 0.5) is 5.82 Å². The number of hydrogen-bond acceptors (Lipinski definition) is 8. The van der Waals surface area contributed by atoms with Gasteiger partial charge in [0.15, 0.2) is 21.5 Å². The van der Waals surface area contributed by atoms with E-state index in [0.717, 1.165) is 16.5 Å². The number of anilines is 1. The zero-order chi connectivity index (χ0) is 20.9. The number of morpholine rings is 1. The van der Waals surface area contributed by atoms with Crippen molar-refractivity contribution in [1.29, 1.82) is 0 Å². The van der Waals surface area contributed by atoms with Crippen molar-refractivity contribution < 1.29 is 17.7 Å². The minimum atomic E-state index is -3.31. The molecule has 5 rings (SSSR count). The van der Waals surface area contributed by atoms with E-state index in [0.29, 0.717) is 48.2 Å². The lowest BCUT2D eigenvalue weighted by Gasteiger charge is -2.34. The first-order valence-corrected chi connectivity index (χ1v) is 11.7. The number of nitrogens with one attached hydrogen (secondary N) is 1. The zero-order valence-electron chi connectivity index (χ0n) is 16.6. The molecule has 0 spiro atoms. The van der Waals surface area contributed by atoms with Crippen LogP contribution in [0.5, 0.6) is 0 Å². The minimum absolute atomic E-state index is 0.0798. The molecule has 0 amide bonds. The average molecular weight is 427 g/mol. The second kappa shape index (κ2) is 7.06. The second-order valence-electron chi connectivity index (χ2n) is 7.61. The fourth-order valence-electron chi connectivity index (χ4n) is 3.84. The number of aromatic amines is 1. The molecule has 9 nitrogen and oxygen atoms in total. The molecule has 4 aromatic rings. The molecule has 0 saturated carbocycles. The third kappa shape index (κ3) is 3.31. The van der Waals surface area contributed by atoms with E-state index in [1.165, 1.54) is 6.26 Å². The largest absolute Gasteiger partial charge is 0.377 e. The van der Waals surface area contributed by atoms with Crippen LogP contribution >= 0.6 is 0 Å². The van der Waals surface area contributed by atoms with E-state index >= 15 is 0 Å². The van der Waals surface area contributed by atoms with Crippen molar-refractivity contribution in [2.24, 2.45) is 0 Å². The van der Waals surface area contributed by atoms with Crippen LogP contribution in [0.2, 0.25) is 0 Å². The number of rotatable bonds is 4. The van der Waals surface area contributed by atoms with Crippen LogP contribution in [0.25, 0.3) is 33.4 Å². The highest BCUT2D eigenvalue weighted by molar-refractivity contribution is 7.89. The summed E-state index contributed by atoms with van der Waals surface area (Å²) in [4.78, 5) is 14.8. The molecule has 10 heteroatoms. The van der Waals surface area contributed by atoms with Gasteiger partial charge in [0.05, 0.1) is 25.0 Å². The number of aromatic nitrogens is 4. The molecule has 1 aliphatic rings. The van der Waals surface area contributed by atoms with Gasteiger partial charge in [-0.3, -0.25) is 0 Å². The zero-order valence-corrected chi connectivity index (χ0v) is 17.4. The lowest BCUT2D eigenvalue weighted by Crippen LogP contribution is -2.44. The Kier molecular flexibility index (Phi) is 4.48. The lowest BCUT2D eigenvalue weighted by molar-refractivity contribution is 0.0985. The Morgan fingerprint density at radius 1 is 1.27 bits per heavy atom. The van der Waals surface area contributed by atoms with Gasteiger partial charge in [-0.2, -0.15) is 0 Å². The molecule has 3 aromatic heterocycles. The highest BCUT2D eigenvalue weighted by Crippen LogP contribution is 2.34. The Bertz CT molecular complexity index is 1340. The van der Waals surface area contributed by atoms with E-state index in [-0.39, 0.29) is 11.8 Å². The fraction of sp³-hybridized carbons (Fsp3) is 0.350. The number of H-pyrrole nitrogens is 1. The molecule has 1 fully saturated rings. The van der Waals surface area contributed by atoms with Gasteiger partial charge in [0.2, 0.25) is 5.58 Å². The van der Waals surface area contributed by atoms with Gasteiger partial charge in [0.1, 0.15) is 11.2 Å². The smallest absolute Gasteiger partial charge is 0.228 e. The van der Waals surface area contributed by atoms with Crippen LogP contribution in [0.15, 0.2) is 35.0 Å². The highest BCUT2D eigenvalue weighted by atomic mass is 32.2. The maximum Gasteiger partial charge on any atom is 0.228 e. The Morgan fingerprint density at radius 3 is 2.93 bits per heavy atom. The third-order valence-electron chi connectivity index (χ3n) is 5.24. The Morgan fingerprint density at radius 2 is 2.13 bits per heavy atom. The maximum atomic E-state index is 11.9. The first-order valence-electron chi connectivity index (χ1n) is 9.65. The summed E-state index contributed by atoms with van der Waals surface area (Å²) in [5, 5.41) is 5.01. The van der Waals surface area contributed by atoms with Crippen LogP contribution in [-0.4, -0.2) is 60.6 Å². The van der Waals surface area contributed by atoms with Gasteiger partial charge in [-0.1, -0.05) is 17.3 Å². The van der Waals surface area contributed by atoms with Crippen LogP contribution in [0.3, 0.4) is 0 Å². The number of fused-ring (bicyclic) bond motifs is 2. The molecular weight excluding hydrogens is 406 g/mol. The molecule has 1 atom stereocenters. The predicted octanol–water partition coefficient (Wildman–Crippen LogP) is 2.54. The number of ether oxygens (including phenoxy) is 1. The van der Waals surface area contributed by atoms with Crippen LogP contribution in [0.1, 0.15) is 12.6 Å². The van der Waals surface area contributed by atoms with Gasteiger partial charge in [-0.25, -0.2) is 18.4 Å². The quantitative estimate of drug-likeness (QED) is 0.528. The summed E-state index contributed by atoms with van der Waals surface area (Å²) in [6, 6.07) is 7.92.